The van der Waals surface area contributed by atoms with E-state index in [9.17, 15) is 19.7 Å². The molecule has 3 heterocycles. The van der Waals surface area contributed by atoms with E-state index in [0.717, 1.165) is 11.3 Å². The van der Waals surface area contributed by atoms with Gasteiger partial charge in [-0.05, 0) is 49.7 Å². The Morgan fingerprint density at radius 3 is 2.59 bits per heavy atom. The number of esters is 1. The van der Waals surface area contributed by atoms with Crippen LogP contribution in [0, 0.1) is 10.1 Å². The molecule has 1 unspecified atom stereocenters. The highest BCUT2D eigenvalue weighted by Crippen LogP contribution is 2.33. The van der Waals surface area contributed by atoms with Gasteiger partial charge in [0, 0.05) is 43.6 Å². The number of aromatic nitrogens is 1. The molecule has 0 N–H and O–H groups in total. The topological polar surface area (TPSA) is 120 Å². The van der Waals surface area contributed by atoms with Crippen molar-refractivity contribution in [1.82, 2.24) is 4.57 Å². The van der Waals surface area contributed by atoms with Crippen molar-refractivity contribution in [2.45, 2.75) is 19.9 Å². The van der Waals surface area contributed by atoms with Crippen molar-refractivity contribution < 1.29 is 18.9 Å². The van der Waals surface area contributed by atoms with Crippen LogP contribution >= 0.6 is 22.9 Å². The van der Waals surface area contributed by atoms with Gasteiger partial charge >= 0.3 is 5.97 Å². The Balaban J connectivity index is 1.60. The van der Waals surface area contributed by atoms with E-state index in [1.165, 1.54) is 34.1 Å². The molecule has 0 amide bonds. The number of furan rings is 1. The van der Waals surface area contributed by atoms with E-state index in [2.05, 4.69) is 4.99 Å². The second-order valence-corrected chi connectivity index (χ2v) is 10.8. The van der Waals surface area contributed by atoms with Gasteiger partial charge in [-0.1, -0.05) is 35.1 Å². The summed E-state index contributed by atoms with van der Waals surface area (Å²) in [5.41, 5.74) is 2.51. The van der Waals surface area contributed by atoms with Crippen molar-refractivity contribution in [3.05, 3.63) is 112 Å². The van der Waals surface area contributed by atoms with Gasteiger partial charge in [0.1, 0.15) is 11.5 Å². The van der Waals surface area contributed by atoms with Gasteiger partial charge in [-0.3, -0.25) is 19.5 Å². The van der Waals surface area contributed by atoms with E-state index in [4.69, 9.17) is 20.8 Å². The molecule has 4 aromatic rings. The number of anilines is 1. The third-order valence-corrected chi connectivity index (χ3v) is 7.87. The maximum atomic E-state index is 13.8. The summed E-state index contributed by atoms with van der Waals surface area (Å²) in [6.07, 6.45) is 1.60. The van der Waals surface area contributed by atoms with Crippen LogP contribution in [0.5, 0.6) is 0 Å². The molecule has 10 nitrogen and oxygen atoms in total. The van der Waals surface area contributed by atoms with Gasteiger partial charge in [-0.2, -0.15) is 0 Å². The highest BCUT2D eigenvalue weighted by atomic mass is 35.5. The van der Waals surface area contributed by atoms with Crippen LogP contribution in [0.25, 0.3) is 17.4 Å². The van der Waals surface area contributed by atoms with Crippen molar-refractivity contribution in [2.24, 2.45) is 4.99 Å². The van der Waals surface area contributed by atoms with Crippen molar-refractivity contribution >= 4 is 46.4 Å². The minimum Gasteiger partial charge on any atom is -0.463 e. The highest BCUT2D eigenvalue weighted by molar-refractivity contribution is 7.07. The van der Waals surface area contributed by atoms with Crippen molar-refractivity contribution in [2.75, 3.05) is 25.6 Å². The number of ether oxygens (including phenoxy) is 1. The Labute approximate surface area is 243 Å². The monoisotopic (exact) mass is 592 g/mol. The first-order valence-corrected chi connectivity index (χ1v) is 13.8. The molecule has 12 heteroatoms. The molecular weight excluding hydrogens is 568 g/mol. The molecule has 210 valence electrons. The number of rotatable bonds is 7. The molecule has 0 bridgehead atoms. The van der Waals surface area contributed by atoms with E-state index in [1.807, 2.05) is 43.3 Å². The highest BCUT2D eigenvalue weighted by Gasteiger charge is 2.33. The molecule has 0 aliphatic carbocycles. The standard InChI is InChI=1S/C29H25ClN4O6S/c1-5-39-28(36)25-16(2)31-29-33(26(25)17-6-8-18(9-7-17)32(3)4)27(35)24(41-29)15-20-11-13-23(40-20)21-12-10-19(34(37)38)14-22(21)30/h6-15,26H,5H2,1-4H3/b24-15-. The first-order valence-electron chi connectivity index (χ1n) is 12.6. The zero-order chi connectivity index (χ0) is 29.4. The molecule has 0 fully saturated rings. The molecule has 41 heavy (non-hydrogen) atoms. The van der Waals surface area contributed by atoms with Gasteiger partial charge in [0.25, 0.3) is 11.2 Å². The lowest BCUT2D eigenvalue weighted by Gasteiger charge is -2.25. The fraction of sp³-hybridized carbons (Fsp3) is 0.207. The van der Waals surface area contributed by atoms with Crippen LogP contribution in [0.2, 0.25) is 5.02 Å². The number of fused-ring (bicyclic) bond motifs is 1. The Hall–Kier alpha value is -4.48. The number of nitro benzene ring substituents is 1. The van der Waals surface area contributed by atoms with Crippen LogP contribution in [-0.2, 0) is 9.53 Å². The van der Waals surface area contributed by atoms with Gasteiger partial charge in [0.05, 0.1) is 38.4 Å². The lowest BCUT2D eigenvalue weighted by molar-refractivity contribution is -0.384. The predicted molar refractivity (Wildman–Crippen MR) is 157 cm³/mol. The Morgan fingerprint density at radius 1 is 1.22 bits per heavy atom. The fourth-order valence-corrected chi connectivity index (χ4v) is 5.88. The van der Waals surface area contributed by atoms with Gasteiger partial charge in [0.2, 0.25) is 0 Å². The Kier molecular flexibility index (Phi) is 7.65. The molecule has 1 atom stereocenters. The molecule has 2 aromatic heterocycles. The summed E-state index contributed by atoms with van der Waals surface area (Å²) in [5, 5.41) is 11.2. The number of carbonyl (C=O) groups excluding carboxylic acids is 1. The van der Waals surface area contributed by atoms with E-state index in [1.54, 1.807) is 32.1 Å². The number of thiazole rings is 1. The first kappa shape index (κ1) is 28.1. The average Bonchev–Trinajstić information content (AvgIpc) is 3.52. The Morgan fingerprint density at radius 2 is 1.95 bits per heavy atom. The van der Waals surface area contributed by atoms with Crippen LogP contribution in [0.15, 0.2) is 80.1 Å². The van der Waals surface area contributed by atoms with Crippen LogP contribution < -0.4 is 19.8 Å². The number of halogens is 1. The number of carbonyl (C=O) groups is 1. The second-order valence-electron chi connectivity index (χ2n) is 9.41. The smallest absolute Gasteiger partial charge is 0.338 e. The van der Waals surface area contributed by atoms with Crippen LogP contribution in [0.3, 0.4) is 0 Å². The molecule has 2 aromatic carbocycles. The SMILES string of the molecule is CCOC(=O)C1=C(C)N=c2s/c(=C\c3ccc(-c4ccc([N+](=O)[O-])cc4Cl)o3)c(=O)n2C1c1ccc(N(C)C)cc1. The number of hydrogen-bond donors (Lipinski definition) is 0. The van der Waals surface area contributed by atoms with Crippen LogP contribution in [0.1, 0.15) is 31.2 Å². The molecule has 5 rings (SSSR count). The number of non-ortho nitro benzene ring substituents is 1. The molecule has 0 saturated carbocycles. The van der Waals surface area contributed by atoms with Crippen molar-refractivity contribution in [3.8, 4) is 11.3 Å². The van der Waals surface area contributed by atoms with Gasteiger partial charge in [0.15, 0.2) is 4.80 Å². The minimum atomic E-state index is -0.727. The number of hydrogen-bond acceptors (Lipinski definition) is 9. The second kappa shape index (κ2) is 11.2. The summed E-state index contributed by atoms with van der Waals surface area (Å²) < 4.78 is 13.1. The lowest BCUT2D eigenvalue weighted by Crippen LogP contribution is -2.39. The lowest BCUT2D eigenvalue weighted by atomic mass is 9.95. The van der Waals surface area contributed by atoms with E-state index < -0.39 is 16.9 Å². The molecule has 1 aliphatic heterocycles. The molecule has 1 aliphatic rings. The molecule has 0 radical (unpaired) electrons. The Bertz CT molecular complexity index is 1880. The van der Waals surface area contributed by atoms with Crippen LogP contribution in [-0.4, -0.2) is 36.2 Å². The summed E-state index contributed by atoms with van der Waals surface area (Å²) >= 11 is 7.44. The average molecular weight is 593 g/mol. The maximum absolute atomic E-state index is 13.8. The van der Waals surface area contributed by atoms with Crippen molar-refractivity contribution in [3.63, 3.8) is 0 Å². The van der Waals surface area contributed by atoms with Gasteiger partial charge in [-0.15, -0.1) is 0 Å². The molecule has 0 saturated heterocycles. The van der Waals surface area contributed by atoms with Crippen molar-refractivity contribution in [1.29, 1.82) is 0 Å². The van der Waals surface area contributed by atoms with E-state index in [0.29, 0.717) is 37.7 Å². The minimum absolute atomic E-state index is 0.130. The third-order valence-electron chi connectivity index (χ3n) is 6.57. The molecular formula is C29H25ClN4O6S. The predicted octanol–water partition coefficient (Wildman–Crippen LogP) is 4.69. The van der Waals surface area contributed by atoms with Crippen LogP contribution in [0.4, 0.5) is 11.4 Å². The van der Waals surface area contributed by atoms with E-state index in [-0.39, 0.29) is 22.9 Å². The zero-order valence-corrected chi connectivity index (χ0v) is 24.2. The number of allylic oxidation sites excluding steroid dienone is 1. The number of nitrogens with zero attached hydrogens (tertiary/aromatic N) is 4. The summed E-state index contributed by atoms with van der Waals surface area (Å²) in [6.45, 7) is 3.65. The number of nitro groups is 1. The zero-order valence-electron chi connectivity index (χ0n) is 22.6. The summed E-state index contributed by atoms with van der Waals surface area (Å²) in [7, 11) is 3.86. The summed E-state index contributed by atoms with van der Waals surface area (Å²) in [6, 6.07) is 14.4. The first-order chi connectivity index (χ1) is 19.6. The maximum Gasteiger partial charge on any atom is 0.338 e. The third kappa shape index (κ3) is 5.33. The number of benzene rings is 2. The largest absolute Gasteiger partial charge is 0.463 e. The van der Waals surface area contributed by atoms with Gasteiger partial charge < -0.3 is 14.1 Å². The fourth-order valence-electron chi connectivity index (χ4n) is 4.58. The molecule has 0 spiro atoms. The summed E-state index contributed by atoms with van der Waals surface area (Å²) in [5.74, 6) is 0.247. The van der Waals surface area contributed by atoms with E-state index >= 15 is 0 Å². The quantitative estimate of drug-likeness (QED) is 0.173. The summed E-state index contributed by atoms with van der Waals surface area (Å²) in [4.78, 5) is 44.4. The normalized spacial score (nSPS) is 15.0. The van der Waals surface area contributed by atoms with Gasteiger partial charge in [-0.25, -0.2) is 9.79 Å².